The number of halogens is 2. The van der Waals surface area contributed by atoms with E-state index in [9.17, 15) is 8.78 Å². The average Bonchev–Trinajstić information content (AvgIpc) is 2.11. The zero-order chi connectivity index (χ0) is 11.6. The van der Waals surface area contributed by atoms with E-state index in [1.807, 2.05) is 0 Å². The van der Waals surface area contributed by atoms with Gasteiger partial charge in [0.25, 0.3) is 0 Å². The number of hydrogen-bond donors (Lipinski definition) is 0. The summed E-state index contributed by atoms with van der Waals surface area (Å²) < 4.78 is 32.0. The first-order chi connectivity index (χ1) is 6.85. The van der Waals surface area contributed by atoms with E-state index in [4.69, 9.17) is 4.74 Å². The fraction of sp³-hybridized carbons (Fsp3) is 0.333. The van der Waals surface area contributed by atoms with Crippen molar-refractivity contribution in [3.63, 3.8) is 0 Å². The second-order valence-corrected chi connectivity index (χ2v) is 4.20. The van der Waals surface area contributed by atoms with E-state index >= 15 is 0 Å². The van der Waals surface area contributed by atoms with Crippen LogP contribution in [0.1, 0.15) is 26.3 Å². The molecule has 0 amide bonds. The molecule has 3 heteroatoms. The van der Waals surface area contributed by atoms with E-state index in [1.165, 1.54) is 18.2 Å². The van der Waals surface area contributed by atoms with Gasteiger partial charge in [-0.25, -0.2) is 4.39 Å². The maximum Gasteiger partial charge on any atom is 0.201 e. The van der Waals surface area contributed by atoms with Gasteiger partial charge in [0, 0.05) is 5.56 Å². The van der Waals surface area contributed by atoms with Gasteiger partial charge < -0.3 is 4.74 Å². The summed E-state index contributed by atoms with van der Waals surface area (Å²) >= 11 is 0. The first kappa shape index (κ1) is 11.7. The second-order valence-electron chi connectivity index (χ2n) is 4.20. The van der Waals surface area contributed by atoms with Gasteiger partial charge in [-0.05, 0) is 32.9 Å². The summed E-state index contributed by atoms with van der Waals surface area (Å²) in [5.74, 6) is -1.97. The van der Waals surface area contributed by atoms with Gasteiger partial charge in [-0.1, -0.05) is 12.7 Å². The van der Waals surface area contributed by atoms with Crippen molar-refractivity contribution in [2.24, 2.45) is 0 Å². The van der Waals surface area contributed by atoms with Crippen LogP contribution in [-0.4, -0.2) is 5.60 Å². The van der Waals surface area contributed by atoms with Crippen molar-refractivity contribution in [1.82, 2.24) is 0 Å². The molecule has 0 aliphatic carbocycles. The molecule has 0 aromatic heterocycles. The minimum Gasteiger partial charge on any atom is -0.485 e. The normalized spacial score (nSPS) is 11.3. The molecule has 0 unspecified atom stereocenters. The standard InChI is InChI=1S/C12H14F2O/c1-5-8-6-7-9(11(14)10(8)13)15-12(2,3)4/h5-7H,1H2,2-4H3. The van der Waals surface area contributed by atoms with Gasteiger partial charge in [0.15, 0.2) is 11.6 Å². The third-order valence-electron chi connectivity index (χ3n) is 1.71. The molecule has 0 aliphatic heterocycles. The molecule has 1 nitrogen and oxygen atoms in total. The minimum absolute atomic E-state index is 0.0781. The highest BCUT2D eigenvalue weighted by molar-refractivity contribution is 5.50. The summed E-state index contributed by atoms with van der Waals surface area (Å²) in [6, 6.07) is 2.84. The summed E-state index contributed by atoms with van der Waals surface area (Å²) in [6.45, 7) is 8.70. The van der Waals surface area contributed by atoms with Gasteiger partial charge in [-0.3, -0.25) is 0 Å². The fourth-order valence-corrected chi connectivity index (χ4v) is 1.11. The number of ether oxygens (including phenoxy) is 1. The highest BCUT2D eigenvalue weighted by Crippen LogP contribution is 2.26. The lowest BCUT2D eigenvalue weighted by atomic mass is 10.1. The lowest BCUT2D eigenvalue weighted by molar-refractivity contribution is 0.123. The van der Waals surface area contributed by atoms with Crippen LogP contribution in [0.15, 0.2) is 18.7 Å². The Kier molecular flexibility index (Phi) is 3.12. The first-order valence-corrected chi connectivity index (χ1v) is 4.64. The Labute approximate surface area is 88.4 Å². The van der Waals surface area contributed by atoms with Crippen molar-refractivity contribution in [2.45, 2.75) is 26.4 Å². The maximum atomic E-state index is 13.4. The van der Waals surface area contributed by atoms with Crippen molar-refractivity contribution in [3.05, 3.63) is 35.9 Å². The topological polar surface area (TPSA) is 9.23 Å². The molecule has 0 aliphatic rings. The van der Waals surface area contributed by atoms with Gasteiger partial charge >= 0.3 is 0 Å². The van der Waals surface area contributed by atoms with Crippen LogP contribution in [0.4, 0.5) is 8.78 Å². The van der Waals surface area contributed by atoms with Crippen LogP contribution in [0, 0.1) is 11.6 Å². The van der Waals surface area contributed by atoms with E-state index in [2.05, 4.69) is 6.58 Å². The van der Waals surface area contributed by atoms with Crippen LogP contribution in [0.25, 0.3) is 6.08 Å². The fourth-order valence-electron chi connectivity index (χ4n) is 1.11. The van der Waals surface area contributed by atoms with Crippen molar-refractivity contribution in [2.75, 3.05) is 0 Å². The molecule has 0 N–H and O–H groups in total. The third kappa shape index (κ3) is 2.78. The Hall–Kier alpha value is -1.38. The van der Waals surface area contributed by atoms with Crippen LogP contribution < -0.4 is 4.74 Å². The molecule has 0 saturated carbocycles. The molecule has 0 saturated heterocycles. The highest BCUT2D eigenvalue weighted by Gasteiger charge is 2.18. The Balaban J connectivity index is 3.12. The van der Waals surface area contributed by atoms with E-state index in [0.29, 0.717) is 0 Å². The van der Waals surface area contributed by atoms with Crippen molar-refractivity contribution in [3.8, 4) is 5.75 Å². The highest BCUT2D eigenvalue weighted by atomic mass is 19.2. The molecule has 0 bridgehead atoms. The van der Waals surface area contributed by atoms with Crippen LogP contribution in [0.3, 0.4) is 0 Å². The van der Waals surface area contributed by atoms with E-state index in [1.54, 1.807) is 20.8 Å². The molecule has 0 spiro atoms. The van der Waals surface area contributed by atoms with E-state index in [0.717, 1.165) is 0 Å². The summed E-state index contributed by atoms with van der Waals surface area (Å²) in [6.07, 6.45) is 1.26. The molecule has 1 aromatic rings. The molecule has 0 fully saturated rings. The van der Waals surface area contributed by atoms with Crippen molar-refractivity contribution < 1.29 is 13.5 Å². The predicted octanol–water partition coefficient (Wildman–Crippen LogP) is 3.79. The van der Waals surface area contributed by atoms with Gasteiger partial charge in [-0.15, -0.1) is 0 Å². The quantitative estimate of drug-likeness (QED) is 0.724. The van der Waals surface area contributed by atoms with E-state index in [-0.39, 0.29) is 11.3 Å². The average molecular weight is 212 g/mol. The Morgan fingerprint density at radius 1 is 1.20 bits per heavy atom. The molecule has 0 atom stereocenters. The molecule has 1 rings (SSSR count). The number of rotatable bonds is 2. The minimum atomic E-state index is -0.970. The number of hydrogen-bond acceptors (Lipinski definition) is 1. The summed E-state index contributed by atoms with van der Waals surface area (Å²) in [7, 11) is 0. The Bertz CT molecular complexity index is 378. The molecule has 1 aromatic carbocycles. The molecule has 15 heavy (non-hydrogen) atoms. The van der Waals surface area contributed by atoms with Crippen molar-refractivity contribution >= 4 is 6.08 Å². The predicted molar refractivity (Wildman–Crippen MR) is 56.8 cm³/mol. The Morgan fingerprint density at radius 3 is 2.27 bits per heavy atom. The summed E-state index contributed by atoms with van der Waals surface area (Å²) in [4.78, 5) is 0. The van der Waals surface area contributed by atoms with E-state index < -0.39 is 17.2 Å². The lowest BCUT2D eigenvalue weighted by Crippen LogP contribution is -2.23. The Morgan fingerprint density at radius 2 is 1.80 bits per heavy atom. The third-order valence-corrected chi connectivity index (χ3v) is 1.71. The van der Waals surface area contributed by atoms with Gasteiger partial charge in [0.1, 0.15) is 5.60 Å². The summed E-state index contributed by atoms with van der Waals surface area (Å²) in [5.41, 5.74) is -0.419. The zero-order valence-electron chi connectivity index (χ0n) is 9.10. The van der Waals surface area contributed by atoms with Gasteiger partial charge in [0.2, 0.25) is 5.82 Å². The molecule has 82 valence electrons. The van der Waals surface area contributed by atoms with Gasteiger partial charge in [-0.2, -0.15) is 4.39 Å². The van der Waals surface area contributed by atoms with Gasteiger partial charge in [0.05, 0.1) is 0 Å². The van der Waals surface area contributed by atoms with Crippen LogP contribution in [-0.2, 0) is 0 Å². The monoisotopic (exact) mass is 212 g/mol. The maximum absolute atomic E-state index is 13.4. The smallest absolute Gasteiger partial charge is 0.201 e. The van der Waals surface area contributed by atoms with Crippen LogP contribution in [0.5, 0.6) is 5.75 Å². The summed E-state index contributed by atoms with van der Waals surface area (Å²) in [5, 5.41) is 0. The lowest BCUT2D eigenvalue weighted by Gasteiger charge is -2.21. The molecule has 0 heterocycles. The molecular weight excluding hydrogens is 198 g/mol. The molecular formula is C12H14F2O. The van der Waals surface area contributed by atoms with Crippen molar-refractivity contribution in [1.29, 1.82) is 0 Å². The largest absolute Gasteiger partial charge is 0.485 e. The van der Waals surface area contributed by atoms with Crippen LogP contribution in [0.2, 0.25) is 0 Å². The zero-order valence-corrected chi connectivity index (χ0v) is 9.10. The molecule has 0 radical (unpaired) electrons. The number of benzene rings is 1. The SMILES string of the molecule is C=Cc1ccc(OC(C)(C)C)c(F)c1F. The first-order valence-electron chi connectivity index (χ1n) is 4.64. The van der Waals surface area contributed by atoms with Crippen LogP contribution >= 0.6 is 0 Å². The second kappa shape index (κ2) is 4.01.